The summed E-state index contributed by atoms with van der Waals surface area (Å²) >= 11 is 0. The maximum atomic E-state index is 8.25. The Morgan fingerprint density at radius 2 is 0.500 bits per heavy atom. The second-order valence-electron chi connectivity index (χ2n) is 0.671. The molecule has 0 aromatic heterocycles. The molecule has 6 N–H and O–H groups in total. The molecular formula is H6BiN3O12. The summed E-state index contributed by atoms with van der Waals surface area (Å²) in [5, 5.41) is 44.2. The summed E-state index contributed by atoms with van der Waals surface area (Å²) in [5.41, 5.74) is 0. The smallest absolute Gasteiger partial charge is 0.412 e. The fraction of sp³-hybridized carbons (Fsp3) is 0. The molecule has 0 aromatic carbocycles. The minimum atomic E-state index is -1.75. The van der Waals surface area contributed by atoms with E-state index < -0.39 is 15.3 Å². The van der Waals surface area contributed by atoms with Gasteiger partial charge in [-0.15, -0.1) is 0 Å². The van der Waals surface area contributed by atoms with E-state index in [1.165, 1.54) is 0 Å². The number of hydrogen-bond acceptors (Lipinski definition) is 9. The predicted molar refractivity (Wildman–Crippen MR) is 47.7 cm³/mol. The molecule has 0 saturated heterocycles. The first-order valence-corrected chi connectivity index (χ1v) is 1.64. The topological polar surface area (TPSA) is 293 Å². The quantitative estimate of drug-likeness (QED) is 0.200. The molecule has 0 aliphatic rings. The summed E-state index contributed by atoms with van der Waals surface area (Å²) in [6.45, 7) is 0. The average molecular weight is 449 g/mol. The molecule has 0 heterocycles. The van der Waals surface area contributed by atoms with E-state index in [1.54, 1.807) is 0 Å². The van der Waals surface area contributed by atoms with Crippen LogP contribution in [0.5, 0.6) is 0 Å². The summed E-state index contributed by atoms with van der Waals surface area (Å²) < 4.78 is 0. The van der Waals surface area contributed by atoms with E-state index in [-0.39, 0.29) is 42.6 Å². The molecule has 0 unspecified atom stereocenters. The molecule has 0 aromatic rings. The average Bonchev–Trinajstić information content (AvgIpc) is 1.54. The van der Waals surface area contributed by atoms with Gasteiger partial charge in [0.1, 0.15) is 0 Å². The Balaban J connectivity index is -0.0000000135. The summed E-state index contributed by atoms with van der Waals surface area (Å²) in [5.74, 6) is 0. The Morgan fingerprint density at radius 1 is 0.500 bits per heavy atom. The van der Waals surface area contributed by atoms with Gasteiger partial charge in [-0.1, -0.05) is 0 Å². The molecule has 0 amide bonds. The van der Waals surface area contributed by atoms with Crippen molar-refractivity contribution >= 4 is 26.2 Å². The van der Waals surface area contributed by atoms with E-state index in [9.17, 15) is 0 Å². The van der Waals surface area contributed by atoms with E-state index in [0.717, 1.165) is 0 Å². The fourth-order valence-corrected chi connectivity index (χ4v) is 0. The second kappa shape index (κ2) is 37.7. The molecule has 2 radical (unpaired) electrons. The zero-order valence-corrected chi connectivity index (χ0v) is 10.4. The van der Waals surface area contributed by atoms with E-state index in [1.807, 2.05) is 0 Å². The van der Waals surface area contributed by atoms with Crippen LogP contribution in [-0.2, 0) is 0 Å². The van der Waals surface area contributed by atoms with Crippen molar-refractivity contribution in [3.63, 3.8) is 0 Å². The molecule has 15 nitrogen and oxygen atoms in total. The van der Waals surface area contributed by atoms with Crippen LogP contribution in [0.1, 0.15) is 0 Å². The Kier molecular flexibility index (Phi) is 111. The molecule has 0 rings (SSSR count). The van der Waals surface area contributed by atoms with Crippen LogP contribution in [0, 0.1) is 46.0 Å². The Morgan fingerprint density at radius 3 is 0.500 bits per heavy atom. The third kappa shape index (κ3) is 596. The maximum absolute atomic E-state index is 8.25. The first-order chi connectivity index (χ1) is 5.20. The van der Waals surface area contributed by atoms with Crippen molar-refractivity contribution in [2.45, 2.75) is 0 Å². The molecule has 0 saturated carbocycles. The SMILES string of the molecule is O.O.O.O=[N+]([O-])[O-].O=[N+]([O-])[O-].O=[N+]([O-])[O-].[Bi+3]. The molecule has 0 aliphatic carbocycles. The van der Waals surface area contributed by atoms with Gasteiger partial charge in [0.15, 0.2) is 0 Å². The van der Waals surface area contributed by atoms with Crippen molar-refractivity contribution in [2.75, 3.05) is 0 Å². The number of nitrogens with zero attached hydrogens (tertiary/aromatic N) is 3. The van der Waals surface area contributed by atoms with Gasteiger partial charge in [-0.3, -0.25) is 0 Å². The van der Waals surface area contributed by atoms with Gasteiger partial charge in [0.25, 0.3) is 0 Å². The van der Waals surface area contributed by atoms with Crippen LogP contribution < -0.4 is 0 Å². The van der Waals surface area contributed by atoms with Gasteiger partial charge >= 0.3 is 26.2 Å². The van der Waals surface area contributed by atoms with Crippen molar-refractivity contribution in [1.29, 1.82) is 0 Å². The van der Waals surface area contributed by atoms with Gasteiger partial charge < -0.3 is 62.4 Å². The van der Waals surface area contributed by atoms with E-state index >= 15 is 0 Å². The van der Waals surface area contributed by atoms with E-state index in [4.69, 9.17) is 46.0 Å². The van der Waals surface area contributed by atoms with Crippen LogP contribution in [-0.4, -0.2) is 57.9 Å². The van der Waals surface area contributed by atoms with E-state index in [2.05, 4.69) is 0 Å². The van der Waals surface area contributed by atoms with Crippen molar-refractivity contribution in [2.24, 2.45) is 0 Å². The molecule has 0 spiro atoms. The minimum Gasteiger partial charge on any atom is -0.412 e. The third-order valence-corrected chi connectivity index (χ3v) is 0. The van der Waals surface area contributed by atoms with Gasteiger partial charge in [-0.25, -0.2) is 0 Å². The second-order valence-corrected chi connectivity index (χ2v) is 0.671. The largest absolute Gasteiger partial charge is 3.00 e. The number of hydrogen-bond donors (Lipinski definition) is 0. The van der Waals surface area contributed by atoms with Gasteiger partial charge in [0, 0.05) is 0 Å². The third-order valence-electron chi connectivity index (χ3n) is 0. The molecule has 16 heteroatoms. The molecule has 0 aliphatic heterocycles. The first-order valence-electron chi connectivity index (χ1n) is 1.64. The fourth-order valence-electron chi connectivity index (χ4n) is 0. The van der Waals surface area contributed by atoms with Crippen molar-refractivity contribution in [3.8, 4) is 0 Å². The van der Waals surface area contributed by atoms with E-state index in [0.29, 0.717) is 0 Å². The Bertz CT molecular complexity index is 114. The van der Waals surface area contributed by atoms with Gasteiger partial charge in [0.2, 0.25) is 0 Å². The zero-order valence-electron chi connectivity index (χ0n) is 6.96. The van der Waals surface area contributed by atoms with Gasteiger partial charge in [-0.05, 0) is 0 Å². The summed E-state index contributed by atoms with van der Waals surface area (Å²) in [7, 11) is 0. The van der Waals surface area contributed by atoms with Gasteiger partial charge in [-0.2, -0.15) is 0 Å². The van der Waals surface area contributed by atoms with Crippen molar-refractivity contribution in [1.82, 2.24) is 0 Å². The zero-order chi connectivity index (χ0) is 10.7. The molecule has 16 heavy (non-hydrogen) atoms. The minimum absolute atomic E-state index is 0. The van der Waals surface area contributed by atoms with Crippen LogP contribution in [0.4, 0.5) is 0 Å². The predicted octanol–water partition coefficient (Wildman–Crippen LogP) is -3.57. The van der Waals surface area contributed by atoms with Crippen LogP contribution >= 0.6 is 0 Å². The standard InChI is InChI=1S/Bi.3NO3.3H2O/c;3*2-1(3)4;;;/h;;;;3*1H2/q+3;3*-1;;;. The van der Waals surface area contributed by atoms with Crippen LogP contribution in [0.25, 0.3) is 0 Å². The van der Waals surface area contributed by atoms with Crippen LogP contribution in [0.3, 0.4) is 0 Å². The van der Waals surface area contributed by atoms with Crippen molar-refractivity contribution < 1.29 is 31.7 Å². The maximum Gasteiger partial charge on any atom is 3.00 e. The van der Waals surface area contributed by atoms with Crippen molar-refractivity contribution in [3.05, 3.63) is 46.0 Å². The molecule has 98 valence electrons. The first kappa shape index (κ1) is 47.3. The summed E-state index contributed by atoms with van der Waals surface area (Å²) in [4.78, 5) is 24.8. The Hall–Kier alpha value is -1.64. The normalized spacial score (nSPS) is 4.50. The molecule has 0 bridgehead atoms. The molecule has 0 fully saturated rings. The van der Waals surface area contributed by atoms with Crippen LogP contribution in [0.2, 0.25) is 0 Å². The summed E-state index contributed by atoms with van der Waals surface area (Å²) in [6, 6.07) is 0. The monoisotopic (exact) mass is 449 g/mol. The number of rotatable bonds is 0. The molecule has 0 atom stereocenters. The van der Waals surface area contributed by atoms with Gasteiger partial charge in [0.05, 0.1) is 15.3 Å². The summed E-state index contributed by atoms with van der Waals surface area (Å²) in [6.07, 6.45) is 0. The van der Waals surface area contributed by atoms with Crippen LogP contribution in [0.15, 0.2) is 0 Å². The Labute approximate surface area is 104 Å². The molecular weight excluding hydrogens is 443 g/mol.